The number of nitrogens with two attached hydrogens (primary N) is 2. The Morgan fingerprint density at radius 2 is 1.84 bits per heavy atom. The number of rotatable bonds is 7. The second kappa shape index (κ2) is 7.41. The first-order chi connectivity index (χ1) is 9.02. The van der Waals surface area contributed by atoms with Crippen LogP contribution in [0.3, 0.4) is 0 Å². The number of benzene rings is 1. The van der Waals surface area contributed by atoms with Crippen LogP contribution in [0.4, 0.5) is 5.69 Å². The lowest BCUT2D eigenvalue weighted by Gasteiger charge is -2.21. The number of carbonyl (C=O) groups excluding carboxylic acids is 2. The molecule has 0 spiro atoms. The van der Waals surface area contributed by atoms with Crippen molar-refractivity contribution in [2.24, 2.45) is 5.73 Å². The van der Waals surface area contributed by atoms with Gasteiger partial charge >= 0.3 is 0 Å². The number of nitrogens with zero attached hydrogens (tertiary/aromatic N) is 1. The highest BCUT2D eigenvalue weighted by molar-refractivity contribution is 5.83. The smallest absolute Gasteiger partial charge is 0.237 e. The normalized spacial score (nSPS) is 10.2. The van der Waals surface area contributed by atoms with Gasteiger partial charge in [-0.2, -0.15) is 0 Å². The molecule has 1 rings (SSSR count). The van der Waals surface area contributed by atoms with Crippen LogP contribution in [0.15, 0.2) is 24.3 Å². The molecule has 0 radical (unpaired) electrons. The van der Waals surface area contributed by atoms with Crippen molar-refractivity contribution in [2.45, 2.75) is 32.7 Å². The number of anilines is 1. The molecule has 0 aliphatic carbocycles. The van der Waals surface area contributed by atoms with E-state index < -0.39 is 5.91 Å². The molecule has 19 heavy (non-hydrogen) atoms. The molecule has 1 aromatic carbocycles. The van der Waals surface area contributed by atoms with Crippen molar-refractivity contribution in [3.05, 3.63) is 29.8 Å². The van der Waals surface area contributed by atoms with Crippen molar-refractivity contribution in [2.75, 3.05) is 12.3 Å². The van der Waals surface area contributed by atoms with Gasteiger partial charge in [-0.3, -0.25) is 9.59 Å². The molecule has 0 bridgehead atoms. The zero-order chi connectivity index (χ0) is 14.3. The summed E-state index contributed by atoms with van der Waals surface area (Å²) >= 11 is 0. The fourth-order valence-corrected chi connectivity index (χ4v) is 1.75. The van der Waals surface area contributed by atoms with E-state index in [1.165, 1.54) is 4.90 Å². The average Bonchev–Trinajstić information content (AvgIpc) is 2.37. The van der Waals surface area contributed by atoms with E-state index in [1.54, 1.807) is 12.1 Å². The second-order valence-corrected chi connectivity index (χ2v) is 4.56. The first-order valence-corrected chi connectivity index (χ1v) is 6.43. The molecule has 5 heteroatoms. The number of unbranched alkanes of at least 4 members (excludes halogenated alkanes) is 1. The first kappa shape index (κ1) is 15.0. The van der Waals surface area contributed by atoms with Crippen LogP contribution in [0, 0.1) is 0 Å². The van der Waals surface area contributed by atoms with E-state index >= 15 is 0 Å². The number of primary amides is 1. The molecular weight excluding hydrogens is 242 g/mol. The average molecular weight is 263 g/mol. The maximum atomic E-state index is 12.0. The number of nitrogen functional groups attached to an aromatic ring is 1. The lowest BCUT2D eigenvalue weighted by Crippen LogP contribution is -2.37. The summed E-state index contributed by atoms with van der Waals surface area (Å²) in [7, 11) is 0. The monoisotopic (exact) mass is 263 g/mol. The molecule has 1 aromatic rings. The van der Waals surface area contributed by atoms with Crippen LogP contribution in [-0.4, -0.2) is 23.3 Å². The predicted octanol–water partition coefficient (Wildman–Crippen LogP) is 1.27. The van der Waals surface area contributed by atoms with Gasteiger partial charge in [-0.05, 0) is 24.1 Å². The van der Waals surface area contributed by atoms with Gasteiger partial charge in [-0.15, -0.1) is 0 Å². The van der Waals surface area contributed by atoms with Gasteiger partial charge in [0.15, 0.2) is 0 Å². The van der Waals surface area contributed by atoms with Gasteiger partial charge < -0.3 is 16.4 Å². The molecule has 0 heterocycles. The number of amides is 2. The van der Waals surface area contributed by atoms with Crippen LogP contribution in [0.5, 0.6) is 0 Å². The largest absolute Gasteiger partial charge is 0.399 e. The number of hydrogen-bond acceptors (Lipinski definition) is 3. The van der Waals surface area contributed by atoms with Crippen molar-refractivity contribution in [1.29, 1.82) is 0 Å². The molecule has 0 aliphatic rings. The second-order valence-electron chi connectivity index (χ2n) is 4.56. The summed E-state index contributed by atoms with van der Waals surface area (Å²) in [5.41, 5.74) is 12.4. The topological polar surface area (TPSA) is 89.4 Å². The Kier molecular flexibility index (Phi) is 5.85. The highest BCUT2D eigenvalue weighted by atomic mass is 16.2. The molecule has 0 fully saturated rings. The Bertz CT molecular complexity index is 429. The zero-order valence-electron chi connectivity index (χ0n) is 11.3. The van der Waals surface area contributed by atoms with E-state index in [4.69, 9.17) is 11.5 Å². The molecule has 2 amide bonds. The van der Waals surface area contributed by atoms with Gasteiger partial charge in [0, 0.05) is 18.7 Å². The molecule has 5 nitrogen and oxygen atoms in total. The van der Waals surface area contributed by atoms with Gasteiger partial charge in [-0.25, -0.2) is 0 Å². The summed E-state index contributed by atoms with van der Waals surface area (Å²) in [5.74, 6) is -0.544. The van der Waals surface area contributed by atoms with Crippen LogP contribution in [0.1, 0.15) is 31.7 Å². The summed E-state index contributed by atoms with van der Waals surface area (Å²) < 4.78 is 0. The van der Waals surface area contributed by atoms with Crippen LogP contribution < -0.4 is 11.5 Å². The minimum absolute atomic E-state index is 0.0440. The van der Waals surface area contributed by atoms with Crippen molar-refractivity contribution < 1.29 is 9.59 Å². The van der Waals surface area contributed by atoms with E-state index in [0.717, 1.165) is 18.4 Å². The van der Waals surface area contributed by atoms with Crippen LogP contribution >= 0.6 is 0 Å². The lowest BCUT2D eigenvalue weighted by atomic mass is 10.1. The van der Waals surface area contributed by atoms with Crippen molar-refractivity contribution >= 4 is 17.5 Å². The summed E-state index contributed by atoms with van der Waals surface area (Å²) in [6.07, 6.45) is 2.20. The predicted molar refractivity (Wildman–Crippen MR) is 75.0 cm³/mol. The Morgan fingerprint density at radius 1 is 1.21 bits per heavy atom. The van der Waals surface area contributed by atoms with Crippen molar-refractivity contribution in [3.8, 4) is 0 Å². The van der Waals surface area contributed by atoms with Crippen molar-refractivity contribution in [3.63, 3.8) is 0 Å². The molecule has 4 N–H and O–H groups in total. The Morgan fingerprint density at radius 3 is 2.37 bits per heavy atom. The Hall–Kier alpha value is -2.04. The summed E-state index contributed by atoms with van der Waals surface area (Å²) in [6.45, 7) is 2.35. The summed E-state index contributed by atoms with van der Waals surface area (Å²) in [6, 6.07) is 7.23. The maximum absolute atomic E-state index is 12.0. The third kappa shape index (κ3) is 5.42. The van der Waals surface area contributed by atoms with Crippen LogP contribution in [0.25, 0.3) is 0 Å². The third-order valence-corrected chi connectivity index (χ3v) is 2.80. The van der Waals surface area contributed by atoms with Crippen LogP contribution in [0.2, 0.25) is 0 Å². The maximum Gasteiger partial charge on any atom is 0.237 e. The molecular formula is C14H21N3O2. The van der Waals surface area contributed by atoms with Crippen molar-refractivity contribution in [1.82, 2.24) is 4.90 Å². The highest BCUT2D eigenvalue weighted by Gasteiger charge is 2.15. The molecule has 0 unspecified atom stereocenters. The van der Waals surface area contributed by atoms with E-state index in [9.17, 15) is 9.59 Å². The van der Waals surface area contributed by atoms with Crippen LogP contribution in [-0.2, 0) is 16.1 Å². The van der Waals surface area contributed by atoms with E-state index in [2.05, 4.69) is 0 Å². The lowest BCUT2D eigenvalue weighted by molar-refractivity contribution is -0.135. The SMILES string of the molecule is CCCCC(=O)N(CC(N)=O)Cc1ccc(N)cc1. The number of carbonyl (C=O) groups is 2. The molecule has 104 valence electrons. The minimum Gasteiger partial charge on any atom is -0.399 e. The first-order valence-electron chi connectivity index (χ1n) is 6.43. The fraction of sp³-hybridized carbons (Fsp3) is 0.429. The molecule has 0 aromatic heterocycles. The molecule has 0 aliphatic heterocycles. The summed E-state index contributed by atoms with van der Waals surface area (Å²) in [4.78, 5) is 24.5. The molecule has 0 saturated carbocycles. The standard InChI is InChI=1S/C14H21N3O2/c1-2-3-4-14(19)17(10-13(16)18)9-11-5-7-12(15)8-6-11/h5-8H,2-4,9-10,15H2,1H3,(H2,16,18). The van der Waals surface area contributed by atoms with E-state index in [-0.39, 0.29) is 12.5 Å². The van der Waals surface area contributed by atoms with Gasteiger partial charge in [0.25, 0.3) is 0 Å². The quantitative estimate of drug-likeness (QED) is 0.726. The third-order valence-electron chi connectivity index (χ3n) is 2.80. The Balaban J connectivity index is 2.70. The van der Waals surface area contributed by atoms with Gasteiger partial charge in [0.1, 0.15) is 0 Å². The molecule has 0 saturated heterocycles. The highest BCUT2D eigenvalue weighted by Crippen LogP contribution is 2.10. The fourth-order valence-electron chi connectivity index (χ4n) is 1.75. The summed E-state index contributed by atoms with van der Waals surface area (Å²) in [5, 5.41) is 0. The van der Waals surface area contributed by atoms with E-state index in [1.807, 2.05) is 19.1 Å². The van der Waals surface area contributed by atoms with Gasteiger partial charge in [-0.1, -0.05) is 25.5 Å². The molecule has 0 atom stereocenters. The van der Waals surface area contributed by atoms with Gasteiger partial charge in [0.05, 0.1) is 6.54 Å². The van der Waals surface area contributed by atoms with Gasteiger partial charge in [0.2, 0.25) is 11.8 Å². The van der Waals surface area contributed by atoms with E-state index in [0.29, 0.717) is 18.7 Å². The Labute approximate surface area is 113 Å². The number of hydrogen-bond donors (Lipinski definition) is 2. The zero-order valence-corrected chi connectivity index (χ0v) is 11.3. The minimum atomic E-state index is -0.500.